The smallest absolute Gasteiger partial charge is 0.155 e. The maximum Gasteiger partial charge on any atom is 0.155 e. The number of nitrogens with zero attached hydrogens (tertiary/aromatic N) is 1. The van der Waals surface area contributed by atoms with Gasteiger partial charge in [-0.15, -0.1) is 29.5 Å². The number of rotatable bonds is 5. The minimum absolute atomic E-state index is 0. The minimum atomic E-state index is -0.125. The molecule has 0 bridgehead atoms. The summed E-state index contributed by atoms with van der Waals surface area (Å²) >= 11 is 1.81. The number of pyridine rings is 1. The van der Waals surface area contributed by atoms with Crippen molar-refractivity contribution in [2.24, 2.45) is 0 Å². The number of fused-ring (bicyclic) bond motifs is 4. The zero-order chi connectivity index (χ0) is 29.3. The molecule has 3 aromatic carbocycles. The molecule has 6 aromatic rings. The number of aliphatic hydroxyl groups excluding tert-OH is 1. The van der Waals surface area contributed by atoms with Crippen LogP contribution in [0.3, 0.4) is 0 Å². The van der Waals surface area contributed by atoms with Gasteiger partial charge in [0.05, 0.1) is 21.6 Å². The van der Waals surface area contributed by atoms with E-state index in [4.69, 9.17) is 14.5 Å². The van der Waals surface area contributed by atoms with Gasteiger partial charge in [0, 0.05) is 36.4 Å². The molecule has 3 aromatic heterocycles. The van der Waals surface area contributed by atoms with Crippen LogP contribution >= 0.6 is 11.3 Å². The molecule has 0 unspecified atom stereocenters. The van der Waals surface area contributed by atoms with Crippen LogP contribution in [0, 0.1) is 6.07 Å². The fourth-order valence-electron chi connectivity index (χ4n) is 4.87. The van der Waals surface area contributed by atoms with Crippen molar-refractivity contribution < 1.29 is 34.4 Å². The summed E-state index contributed by atoms with van der Waals surface area (Å²) in [6.45, 7) is 11.9. The topological polar surface area (TPSA) is 63.3 Å². The van der Waals surface area contributed by atoms with Gasteiger partial charge in [-0.25, -0.2) is 0 Å². The van der Waals surface area contributed by atoms with Crippen molar-refractivity contribution in [3.63, 3.8) is 0 Å². The van der Waals surface area contributed by atoms with Gasteiger partial charge in [0.15, 0.2) is 5.78 Å². The Labute approximate surface area is 264 Å². The van der Waals surface area contributed by atoms with Crippen molar-refractivity contribution in [1.82, 2.24) is 4.98 Å². The number of aliphatic hydroxyl groups is 1. The van der Waals surface area contributed by atoms with Gasteiger partial charge in [0.1, 0.15) is 5.58 Å². The quantitative estimate of drug-likeness (QED) is 0.108. The third-order valence-corrected chi connectivity index (χ3v) is 8.11. The molecule has 0 saturated carbocycles. The minimum Gasteiger partial charge on any atom is -0.512 e. The molecule has 0 saturated heterocycles. The summed E-state index contributed by atoms with van der Waals surface area (Å²) in [5.74, 6) is 0.931. The second-order valence-electron chi connectivity index (χ2n) is 11.0. The third kappa shape index (κ3) is 6.73. The molecule has 6 heteroatoms. The molecule has 4 nitrogen and oxygen atoms in total. The molecule has 0 amide bonds. The SMILES string of the molecule is CC(=O)/C=C(/C)O.CC(C)c1cc(-c2cc3nc(-c4[c-]ccc5c4oc4ccccc45)ccc3s2)cc(C(C)C)c1.[Ir]. The Hall–Kier alpha value is -3.57. The molecule has 0 spiro atoms. The molecule has 42 heavy (non-hydrogen) atoms. The number of para-hydroxylation sites is 1. The molecule has 0 aliphatic carbocycles. The van der Waals surface area contributed by atoms with Crippen LogP contribution in [0.15, 0.2) is 89.0 Å². The van der Waals surface area contributed by atoms with Gasteiger partial charge in [0.2, 0.25) is 0 Å². The first-order valence-electron chi connectivity index (χ1n) is 13.9. The van der Waals surface area contributed by atoms with Gasteiger partial charge in [-0.3, -0.25) is 9.78 Å². The Morgan fingerprint density at radius 1 is 0.929 bits per heavy atom. The number of hydrogen-bond donors (Lipinski definition) is 1. The molecule has 1 N–H and O–H groups in total. The van der Waals surface area contributed by atoms with Crippen LogP contribution < -0.4 is 0 Å². The van der Waals surface area contributed by atoms with E-state index in [2.05, 4.69) is 82.3 Å². The van der Waals surface area contributed by atoms with Crippen LogP contribution in [-0.2, 0) is 24.9 Å². The fraction of sp³-hybridized carbons (Fsp3) is 0.222. The molecule has 6 rings (SSSR count). The Morgan fingerprint density at radius 3 is 2.24 bits per heavy atom. The molecule has 0 aliphatic rings. The summed E-state index contributed by atoms with van der Waals surface area (Å²) in [5, 5.41) is 10.6. The van der Waals surface area contributed by atoms with E-state index in [9.17, 15) is 4.79 Å². The summed E-state index contributed by atoms with van der Waals surface area (Å²) in [5.41, 5.74) is 8.61. The summed E-state index contributed by atoms with van der Waals surface area (Å²) in [6, 6.07) is 29.1. The van der Waals surface area contributed by atoms with Crippen molar-refractivity contribution in [3.05, 3.63) is 102 Å². The number of furan rings is 1. The zero-order valence-corrected chi connectivity index (χ0v) is 27.8. The molecule has 0 fully saturated rings. The van der Waals surface area contributed by atoms with Crippen LogP contribution in [0.5, 0.6) is 0 Å². The Morgan fingerprint density at radius 2 is 1.62 bits per heavy atom. The average Bonchev–Trinajstić information content (AvgIpc) is 3.53. The Kier molecular flexibility index (Phi) is 9.83. The van der Waals surface area contributed by atoms with Gasteiger partial charge < -0.3 is 9.52 Å². The van der Waals surface area contributed by atoms with E-state index in [1.165, 1.54) is 46.2 Å². The van der Waals surface area contributed by atoms with E-state index in [1.807, 2.05) is 24.3 Å². The standard InChI is InChI=1S/C31H26NOS.C5H8O2.Ir/c1-18(2)20-14-21(19(3)4)16-22(15-20)30-17-27-29(34-30)13-12-26(32-27)25-10-7-9-24-23-8-5-6-11-28(23)33-31(24)25;1-4(6)3-5(2)7;/h5-9,11-19H,1-4H3;3,6H,1-2H3;/q-1;;/b;4-3-;. The molecular weight excluding hydrogens is 719 g/mol. The normalized spacial score (nSPS) is 11.7. The van der Waals surface area contributed by atoms with Crippen LogP contribution in [0.4, 0.5) is 0 Å². The number of hydrogen-bond acceptors (Lipinski definition) is 5. The zero-order valence-electron chi connectivity index (χ0n) is 24.6. The Balaban J connectivity index is 0.000000454. The summed E-state index contributed by atoms with van der Waals surface area (Å²) in [7, 11) is 0. The number of aromatic nitrogens is 1. The van der Waals surface area contributed by atoms with Crippen molar-refractivity contribution in [3.8, 4) is 21.7 Å². The number of ketones is 1. The summed E-state index contributed by atoms with van der Waals surface area (Å²) < 4.78 is 7.42. The summed E-state index contributed by atoms with van der Waals surface area (Å²) in [4.78, 5) is 16.3. The van der Waals surface area contributed by atoms with Crippen molar-refractivity contribution in [1.29, 1.82) is 0 Å². The molecule has 3 heterocycles. The van der Waals surface area contributed by atoms with Crippen LogP contribution in [0.1, 0.15) is 64.5 Å². The maximum atomic E-state index is 10.0. The second-order valence-corrected chi connectivity index (χ2v) is 12.1. The van der Waals surface area contributed by atoms with Crippen LogP contribution in [0.2, 0.25) is 0 Å². The molecule has 1 radical (unpaired) electrons. The van der Waals surface area contributed by atoms with Crippen molar-refractivity contribution in [2.45, 2.75) is 53.4 Å². The fourth-order valence-corrected chi connectivity index (χ4v) is 5.85. The number of carbonyl (C=O) groups is 1. The predicted molar refractivity (Wildman–Crippen MR) is 172 cm³/mol. The Bertz CT molecular complexity index is 1880. The van der Waals surface area contributed by atoms with E-state index in [0.29, 0.717) is 11.8 Å². The number of benzene rings is 3. The van der Waals surface area contributed by atoms with E-state index in [-0.39, 0.29) is 31.6 Å². The van der Waals surface area contributed by atoms with Gasteiger partial charge in [-0.2, -0.15) is 0 Å². The van der Waals surface area contributed by atoms with E-state index in [1.54, 1.807) is 11.3 Å². The largest absolute Gasteiger partial charge is 0.512 e. The molecule has 217 valence electrons. The molecule has 0 aliphatic heterocycles. The van der Waals surface area contributed by atoms with Crippen LogP contribution in [0.25, 0.3) is 53.9 Å². The van der Waals surface area contributed by atoms with Gasteiger partial charge in [-0.1, -0.05) is 81.1 Å². The number of carbonyl (C=O) groups excluding carboxylic acids is 1. The first kappa shape index (κ1) is 31.4. The van der Waals surface area contributed by atoms with Crippen molar-refractivity contribution >= 4 is 49.3 Å². The van der Waals surface area contributed by atoms with Crippen LogP contribution in [-0.4, -0.2) is 15.9 Å². The van der Waals surface area contributed by atoms with Gasteiger partial charge in [-0.05, 0) is 66.3 Å². The van der Waals surface area contributed by atoms with E-state index >= 15 is 0 Å². The van der Waals surface area contributed by atoms with Crippen molar-refractivity contribution in [2.75, 3.05) is 0 Å². The first-order valence-corrected chi connectivity index (χ1v) is 14.7. The van der Waals surface area contributed by atoms with Gasteiger partial charge in [0.25, 0.3) is 0 Å². The molecular formula is C36H34IrNO3S-. The second kappa shape index (κ2) is 13.2. The van der Waals surface area contributed by atoms with E-state index < -0.39 is 0 Å². The number of allylic oxidation sites excluding steroid dienone is 2. The first-order chi connectivity index (χ1) is 19.6. The monoisotopic (exact) mass is 753 g/mol. The van der Waals surface area contributed by atoms with Gasteiger partial charge >= 0.3 is 0 Å². The molecule has 0 atom stereocenters. The average molecular weight is 753 g/mol. The third-order valence-electron chi connectivity index (χ3n) is 6.98. The maximum absolute atomic E-state index is 10.0. The predicted octanol–water partition coefficient (Wildman–Crippen LogP) is 10.6. The summed E-state index contributed by atoms with van der Waals surface area (Å²) in [6.07, 6.45) is 1.17. The van der Waals surface area contributed by atoms with E-state index in [0.717, 1.165) is 38.7 Å². The number of thiophene rings is 1.